The number of nitrogens with one attached hydrogen (secondary N) is 1. The van der Waals surface area contributed by atoms with E-state index in [1.54, 1.807) is 12.1 Å². The quantitative estimate of drug-likeness (QED) is 0.676. The maximum atomic E-state index is 13.6. The molecule has 0 radical (unpaired) electrons. The van der Waals surface area contributed by atoms with Crippen molar-refractivity contribution in [3.63, 3.8) is 0 Å². The van der Waals surface area contributed by atoms with Crippen LogP contribution in [0.1, 0.15) is 42.9 Å². The van der Waals surface area contributed by atoms with Gasteiger partial charge in [-0.3, -0.25) is 5.10 Å². The van der Waals surface area contributed by atoms with E-state index in [2.05, 4.69) is 52.4 Å². The molecule has 0 amide bonds. The number of piperidine rings is 1. The van der Waals surface area contributed by atoms with Crippen LogP contribution in [-0.4, -0.2) is 34.7 Å². The molecule has 1 atom stereocenters. The number of H-pyrrole nitrogens is 1. The minimum atomic E-state index is -0.204. The minimum absolute atomic E-state index is 0.204. The molecule has 3 nitrogen and oxygen atoms in total. The summed E-state index contributed by atoms with van der Waals surface area (Å²) in [5.41, 5.74) is 4.49. The van der Waals surface area contributed by atoms with Crippen LogP contribution in [0.4, 0.5) is 4.39 Å². The third-order valence-corrected chi connectivity index (χ3v) is 5.70. The number of benzene rings is 2. The summed E-state index contributed by atoms with van der Waals surface area (Å²) in [6, 6.07) is 17.5. The molecule has 4 heteroatoms. The van der Waals surface area contributed by atoms with Gasteiger partial charge in [0, 0.05) is 23.7 Å². The first kappa shape index (κ1) is 17.9. The molecule has 3 aromatic rings. The SMILES string of the molecule is C[C@@H](CN1CCC(c2[nH]ncc2-c2cccc(F)c2)CC1)c1ccccc1. The van der Waals surface area contributed by atoms with Crippen LogP contribution >= 0.6 is 0 Å². The van der Waals surface area contributed by atoms with Gasteiger partial charge < -0.3 is 4.90 Å². The summed E-state index contributed by atoms with van der Waals surface area (Å²) in [7, 11) is 0. The van der Waals surface area contributed by atoms with Crippen LogP contribution in [0.15, 0.2) is 60.8 Å². The van der Waals surface area contributed by atoms with Gasteiger partial charge in [0.15, 0.2) is 0 Å². The molecule has 1 aromatic heterocycles. The fourth-order valence-corrected chi connectivity index (χ4v) is 4.17. The number of hydrogen-bond acceptors (Lipinski definition) is 2. The monoisotopic (exact) mass is 363 g/mol. The molecule has 0 unspecified atom stereocenters. The van der Waals surface area contributed by atoms with Gasteiger partial charge in [-0.1, -0.05) is 49.4 Å². The van der Waals surface area contributed by atoms with Crippen molar-refractivity contribution in [1.29, 1.82) is 0 Å². The maximum absolute atomic E-state index is 13.6. The molecule has 2 aromatic carbocycles. The number of hydrogen-bond donors (Lipinski definition) is 1. The Kier molecular flexibility index (Phi) is 5.35. The Morgan fingerprint density at radius 2 is 1.89 bits per heavy atom. The highest BCUT2D eigenvalue weighted by Crippen LogP contribution is 2.34. The zero-order valence-electron chi connectivity index (χ0n) is 15.7. The summed E-state index contributed by atoms with van der Waals surface area (Å²) in [5, 5.41) is 7.43. The average Bonchev–Trinajstić information content (AvgIpc) is 3.19. The van der Waals surface area contributed by atoms with E-state index >= 15 is 0 Å². The van der Waals surface area contributed by atoms with E-state index in [4.69, 9.17) is 0 Å². The number of rotatable bonds is 5. The third kappa shape index (κ3) is 4.11. The van der Waals surface area contributed by atoms with Crippen molar-refractivity contribution in [2.24, 2.45) is 0 Å². The Hall–Kier alpha value is -2.46. The van der Waals surface area contributed by atoms with Crippen molar-refractivity contribution >= 4 is 0 Å². The lowest BCUT2D eigenvalue weighted by Crippen LogP contribution is -2.35. The average molecular weight is 363 g/mol. The second-order valence-corrected chi connectivity index (χ2v) is 7.59. The van der Waals surface area contributed by atoms with Crippen LogP contribution in [0.3, 0.4) is 0 Å². The van der Waals surface area contributed by atoms with Crippen molar-refractivity contribution in [3.8, 4) is 11.1 Å². The Morgan fingerprint density at radius 3 is 2.63 bits per heavy atom. The van der Waals surface area contributed by atoms with Gasteiger partial charge in [-0.2, -0.15) is 5.10 Å². The van der Waals surface area contributed by atoms with Crippen LogP contribution in [0.5, 0.6) is 0 Å². The molecule has 0 spiro atoms. The number of likely N-dealkylation sites (tertiary alicyclic amines) is 1. The molecule has 140 valence electrons. The molecule has 1 saturated heterocycles. The van der Waals surface area contributed by atoms with Gasteiger partial charge in [0.2, 0.25) is 0 Å². The van der Waals surface area contributed by atoms with Crippen molar-refractivity contribution < 1.29 is 4.39 Å². The number of aromatic amines is 1. The topological polar surface area (TPSA) is 31.9 Å². The van der Waals surface area contributed by atoms with E-state index in [-0.39, 0.29) is 5.82 Å². The normalized spacial score (nSPS) is 17.1. The van der Waals surface area contributed by atoms with E-state index in [1.165, 1.54) is 11.6 Å². The highest BCUT2D eigenvalue weighted by Gasteiger charge is 2.25. The highest BCUT2D eigenvalue weighted by atomic mass is 19.1. The van der Waals surface area contributed by atoms with Gasteiger partial charge >= 0.3 is 0 Å². The molecule has 4 rings (SSSR count). The first-order chi connectivity index (χ1) is 13.2. The Morgan fingerprint density at radius 1 is 1.11 bits per heavy atom. The van der Waals surface area contributed by atoms with Crippen molar-refractivity contribution in [3.05, 3.63) is 77.9 Å². The zero-order chi connectivity index (χ0) is 18.6. The molecule has 1 fully saturated rings. The molecule has 0 saturated carbocycles. The minimum Gasteiger partial charge on any atom is -0.303 e. The fourth-order valence-electron chi connectivity index (χ4n) is 4.17. The molecule has 0 bridgehead atoms. The maximum Gasteiger partial charge on any atom is 0.123 e. The largest absolute Gasteiger partial charge is 0.303 e. The van der Waals surface area contributed by atoms with Crippen LogP contribution in [-0.2, 0) is 0 Å². The van der Waals surface area contributed by atoms with Crippen LogP contribution in [0, 0.1) is 5.82 Å². The molecule has 27 heavy (non-hydrogen) atoms. The van der Waals surface area contributed by atoms with Gasteiger partial charge in [0.1, 0.15) is 5.82 Å². The predicted octanol–water partition coefficient (Wildman–Crippen LogP) is 5.20. The summed E-state index contributed by atoms with van der Waals surface area (Å²) in [6.07, 6.45) is 4.03. The van der Waals surface area contributed by atoms with E-state index in [9.17, 15) is 4.39 Å². The summed E-state index contributed by atoms with van der Waals surface area (Å²) in [4.78, 5) is 2.56. The van der Waals surface area contributed by atoms with E-state index in [0.717, 1.165) is 49.3 Å². The molecule has 1 aliphatic heterocycles. The Balaban J connectivity index is 1.40. The smallest absolute Gasteiger partial charge is 0.123 e. The standard InChI is InChI=1S/C23H26FN3/c1-17(18-6-3-2-4-7-18)16-27-12-10-19(11-13-27)23-22(15-25-26-23)20-8-5-9-21(24)14-20/h2-9,14-15,17,19H,10-13,16H2,1H3,(H,25,26)/t17-/m0/s1. The predicted molar refractivity (Wildman–Crippen MR) is 107 cm³/mol. The lowest BCUT2D eigenvalue weighted by atomic mass is 9.89. The second kappa shape index (κ2) is 8.05. The van der Waals surface area contributed by atoms with Gasteiger partial charge in [-0.05, 0) is 55.1 Å². The molecular formula is C23H26FN3. The molecular weight excluding hydrogens is 337 g/mol. The van der Waals surface area contributed by atoms with Crippen molar-refractivity contribution in [2.75, 3.05) is 19.6 Å². The lowest BCUT2D eigenvalue weighted by molar-refractivity contribution is 0.202. The van der Waals surface area contributed by atoms with Crippen LogP contribution < -0.4 is 0 Å². The lowest BCUT2D eigenvalue weighted by Gasteiger charge is -2.33. The zero-order valence-corrected chi connectivity index (χ0v) is 15.7. The van der Waals surface area contributed by atoms with E-state index in [0.29, 0.717) is 11.8 Å². The van der Waals surface area contributed by atoms with E-state index < -0.39 is 0 Å². The third-order valence-electron chi connectivity index (χ3n) is 5.70. The molecule has 2 heterocycles. The summed E-state index contributed by atoms with van der Waals surface area (Å²) < 4.78 is 13.6. The highest BCUT2D eigenvalue weighted by molar-refractivity contribution is 5.65. The van der Waals surface area contributed by atoms with Crippen molar-refractivity contribution in [1.82, 2.24) is 15.1 Å². The molecule has 0 aliphatic carbocycles. The summed E-state index contributed by atoms with van der Waals surface area (Å²) in [6.45, 7) is 5.57. The van der Waals surface area contributed by atoms with Gasteiger partial charge in [0.25, 0.3) is 0 Å². The first-order valence-electron chi connectivity index (χ1n) is 9.77. The van der Waals surface area contributed by atoms with Crippen molar-refractivity contribution in [2.45, 2.75) is 31.6 Å². The summed E-state index contributed by atoms with van der Waals surface area (Å²) >= 11 is 0. The van der Waals surface area contributed by atoms with Gasteiger partial charge in [-0.15, -0.1) is 0 Å². The van der Waals surface area contributed by atoms with Gasteiger partial charge in [-0.25, -0.2) is 4.39 Å². The van der Waals surface area contributed by atoms with E-state index in [1.807, 2.05) is 12.3 Å². The first-order valence-corrected chi connectivity index (χ1v) is 9.77. The molecule has 1 aliphatic rings. The number of nitrogens with zero attached hydrogens (tertiary/aromatic N) is 2. The number of halogens is 1. The van der Waals surface area contributed by atoms with Crippen LogP contribution in [0.2, 0.25) is 0 Å². The second-order valence-electron chi connectivity index (χ2n) is 7.59. The Labute approximate surface area is 160 Å². The van der Waals surface area contributed by atoms with Gasteiger partial charge in [0.05, 0.1) is 6.20 Å². The summed E-state index contributed by atoms with van der Waals surface area (Å²) in [5.74, 6) is 0.788. The molecule has 1 N–H and O–H groups in total. The number of aromatic nitrogens is 2. The fraction of sp³-hybridized carbons (Fsp3) is 0.348. The Bertz CT molecular complexity index is 866. The van der Waals surface area contributed by atoms with Crippen LogP contribution in [0.25, 0.3) is 11.1 Å².